The Morgan fingerprint density at radius 1 is 0.933 bits per heavy atom. The van der Waals surface area contributed by atoms with Crippen LogP contribution in [0, 0.1) is 0 Å². The fourth-order valence-electron chi connectivity index (χ4n) is 3.58. The Morgan fingerprint density at radius 2 is 1.47 bits per heavy atom. The van der Waals surface area contributed by atoms with Crippen LogP contribution >= 0.6 is 0 Å². The first-order valence-electron chi connectivity index (χ1n) is 8.58. The van der Waals surface area contributed by atoms with E-state index in [1.54, 1.807) is 54.8 Å². The van der Waals surface area contributed by atoms with Crippen LogP contribution in [-0.2, 0) is 11.2 Å². The summed E-state index contributed by atoms with van der Waals surface area (Å²) in [5, 5.41) is 35.6. The minimum absolute atomic E-state index is 0. The molecule has 146 valence electrons. The van der Waals surface area contributed by atoms with E-state index in [2.05, 4.69) is 0 Å². The number of rotatable bonds is 4. The maximum absolute atomic E-state index is 12.9. The Hall–Kier alpha value is -2.90. The predicted octanol–water partition coefficient (Wildman–Crippen LogP) is 0.346. The van der Waals surface area contributed by atoms with Crippen molar-refractivity contribution in [3.8, 4) is 11.5 Å². The Bertz CT molecular complexity index is 1270. The topological polar surface area (TPSA) is 128 Å². The maximum Gasteiger partial charge on any atom is 1.00 e. The predicted molar refractivity (Wildman–Crippen MR) is 106 cm³/mol. The van der Waals surface area contributed by atoms with Crippen molar-refractivity contribution < 1.29 is 59.9 Å². The van der Waals surface area contributed by atoms with Crippen LogP contribution in [-0.4, -0.2) is 27.9 Å². The molecule has 0 atom stereocenters. The molecule has 0 aliphatic rings. The van der Waals surface area contributed by atoms with Crippen molar-refractivity contribution in [2.45, 2.75) is 6.42 Å². The van der Waals surface area contributed by atoms with Crippen molar-refractivity contribution >= 4 is 33.8 Å². The fourth-order valence-corrected chi connectivity index (χ4v) is 3.58. The average molecular weight is 410 g/mol. The van der Waals surface area contributed by atoms with Crippen molar-refractivity contribution in [2.75, 3.05) is 0 Å². The number of aromatic carboxylic acids is 1. The molecular weight excluding hydrogens is 395 g/mol. The second-order valence-corrected chi connectivity index (χ2v) is 6.51. The van der Waals surface area contributed by atoms with E-state index in [9.17, 15) is 24.9 Å². The second-order valence-electron chi connectivity index (χ2n) is 6.51. The number of carbonyl (C=O) groups excluding carboxylic acids is 1. The molecule has 0 saturated carbocycles. The monoisotopic (exact) mass is 410 g/mol. The summed E-state index contributed by atoms with van der Waals surface area (Å²) in [4.78, 5) is 22.8. The fraction of sp³-hybridized carbons (Fsp3) is 0.0435. The quantitative estimate of drug-likeness (QED) is 0.369. The van der Waals surface area contributed by atoms with Gasteiger partial charge in [0, 0.05) is 5.75 Å². The summed E-state index contributed by atoms with van der Waals surface area (Å²) in [5.41, 5.74) is 0.329. The molecule has 0 aliphatic heterocycles. The smallest absolute Gasteiger partial charge is 0.872 e. The van der Waals surface area contributed by atoms with Crippen LogP contribution in [0.2, 0.25) is 0 Å². The number of hydrogen-bond donors (Lipinski definition) is 2. The molecule has 30 heavy (non-hydrogen) atoms. The van der Waals surface area contributed by atoms with Crippen molar-refractivity contribution in [1.82, 2.24) is 0 Å². The number of fused-ring (bicyclic) bond motifs is 2. The van der Waals surface area contributed by atoms with Gasteiger partial charge in [-0.1, -0.05) is 65.2 Å². The molecule has 4 rings (SSSR count). The summed E-state index contributed by atoms with van der Waals surface area (Å²) in [6.45, 7) is 0. The minimum atomic E-state index is -1.30. The number of carboxylic acid groups (broad SMARTS) is 1. The standard InChI is InChI=1S/C23H15O5.Na.H2O/c24-12-15-9-13-5-1-3-7-16(13)18(21(15)25)11-19-17-8-4-2-6-14(17)10-20(22(19)26)23(27)28;;/h1-10,25-26H,11H2,(H,27,28);;1H2/q-1;+1;/p-2. The van der Waals surface area contributed by atoms with E-state index < -0.39 is 11.7 Å². The molecule has 4 aromatic carbocycles. The molecule has 7 heteroatoms. The van der Waals surface area contributed by atoms with Gasteiger partial charge in [0.2, 0.25) is 0 Å². The normalized spacial score (nSPS) is 10.3. The summed E-state index contributed by atoms with van der Waals surface area (Å²) >= 11 is 0. The Balaban J connectivity index is 0.00000160. The molecule has 6 nitrogen and oxygen atoms in total. The average Bonchev–Trinajstić information content (AvgIpc) is 2.70. The van der Waals surface area contributed by atoms with E-state index in [0.29, 0.717) is 21.7 Å². The first kappa shape index (κ1) is 23.4. The number of carbonyl (C=O) groups is 1. The molecular formula is C23H15NaO6-2. The Kier molecular flexibility index (Phi) is 7.23. The summed E-state index contributed by atoms with van der Waals surface area (Å²) in [7, 11) is 0. The van der Waals surface area contributed by atoms with Crippen LogP contribution in [0.15, 0.2) is 60.7 Å². The summed E-state index contributed by atoms with van der Waals surface area (Å²) in [6.07, 6.45) is 1.71. The first-order chi connectivity index (χ1) is 13.5. The summed E-state index contributed by atoms with van der Waals surface area (Å²) in [6, 6.07) is 17.1. The van der Waals surface area contributed by atoms with E-state index in [-0.39, 0.29) is 63.9 Å². The van der Waals surface area contributed by atoms with Crippen LogP contribution in [0.5, 0.6) is 11.5 Å². The third kappa shape index (κ3) is 3.91. The zero-order valence-electron chi connectivity index (χ0n) is 16.0. The Morgan fingerprint density at radius 3 is 2.03 bits per heavy atom. The number of phenolic OH excluding ortho intramolecular Hbond substituents is 1. The largest absolute Gasteiger partial charge is 1.00 e. The van der Waals surface area contributed by atoms with Gasteiger partial charge in [0.15, 0.2) is 0 Å². The van der Waals surface area contributed by atoms with E-state index in [4.69, 9.17) is 0 Å². The van der Waals surface area contributed by atoms with Gasteiger partial charge >= 0.3 is 35.5 Å². The van der Waals surface area contributed by atoms with Gasteiger partial charge < -0.3 is 25.6 Å². The second kappa shape index (κ2) is 9.28. The van der Waals surface area contributed by atoms with Crippen molar-refractivity contribution in [3.63, 3.8) is 0 Å². The van der Waals surface area contributed by atoms with E-state index in [1.165, 1.54) is 12.1 Å². The van der Waals surface area contributed by atoms with Crippen molar-refractivity contribution in [3.05, 3.63) is 82.9 Å². The van der Waals surface area contributed by atoms with Gasteiger partial charge in [-0.15, -0.1) is 11.6 Å². The zero-order valence-corrected chi connectivity index (χ0v) is 18.0. The van der Waals surface area contributed by atoms with Gasteiger partial charge in [-0.05, 0) is 34.2 Å². The van der Waals surface area contributed by atoms with Crippen LogP contribution in [0.1, 0.15) is 27.0 Å². The number of aromatic hydroxyl groups is 1. The minimum Gasteiger partial charge on any atom is -0.872 e. The van der Waals surface area contributed by atoms with Gasteiger partial charge in [0.25, 0.3) is 0 Å². The molecule has 0 spiro atoms. The van der Waals surface area contributed by atoms with Crippen LogP contribution in [0.25, 0.3) is 21.5 Å². The maximum atomic E-state index is 12.9. The number of carboxylic acids is 1. The van der Waals surface area contributed by atoms with Gasteiger partial charge in [-0.25, -0.2) is 4.79 Å². The first-order valence-corrected chi connectivity index (χ1v) is 8.58. The third-order valence-electron chi connectivity index (χ3n) is 4.93. The Labute approximate surface area is 194 Å². The van der Waals surface area contributed by atoms with Crippen LogP contribution in [0.4, 0.5) is 0 Å². The number of phenols is 1. The summed E-state index contributed by atoms with van der Waals surface area (Å²) < 4.78 is 0. The molecule has 0 bridgehead atoms. The third-order valence-corrected chi connectivity index (χ3v) is 4.93. The molecule has 0 radical (unpaired) electrons. The van der Waals surface area contributed by atoms with E-state index >= 15 is 0 Å². The molecule has 0 amide bonds. The molecule has 0 aliphatic carbocycles. The molecule has 0 saturated heterocycles. The molecule has 3 N–H and O–H groups in total. The summed E-state index contributed by atoms with van der Waals surface area (Å²) in [5.74, 6) is -2.16. The van der Waals surface area contributed by atoms with Gasteiger partial charge in [0.1, 0.15) is 0 Å². The van der Waals surface area contributed by atoms with Crippen LogP contribution in [0.3, 0.4) is 0 Å². The van der Waals surface area contributed by atoms with E-state index in [0.717, 1.165) is 5.39 Å². The van der Waals surface area contributed by atoms with Crippen LogP contribution < -0.4 is 34.7 Å². The van der Waals surface area contributed by atoms with E-state index in [1.807, 2.05) is 0 Å². The molecule has 0 fully saturated rings. The molecule has 0 heterocycles. The molecule has 0 aromatic heterocycles. The number of benzene rings is 4. The van der Waals surface area contributed by atoms with Gasteiger partial charge in [0.05, 0.1) is 11.8 Å². The SMILES string of the molecule is O=[C-]c1cc2ccccc2c(Cc2c([O-])c(C(=O)O)cc3ccccc23)c1O.[Na+].[OH-]. The van der Waals surface area contributed by atoms with Crippen molar-refractivity contribution in [2.24, 2.45) is 0 Å². The molecule has 4 aromatic rings. The number of hydrogen-bond acceptors (Lipinski definition) is 5. The molecule has 0 unspecified atom stereocenters. The van der Waals surface area contributed by atoms with Crippen molar-refractivity contribution in [1.29, 1.82) is 0 Å². The van der Waals surface area contributed by atoms with Gasteiger partial charge in [-0.2, -0.15) is 0 Å². The zero-order chi connectivity index (χ0) is 19.8. The van der Waals surface area contributed by atoms with Gasteiger partial charge in [-0.3, -0.25) is 0 Å².